The van der Waals surface area contributed by atoms with Crippen LogP contribution in [-0.2, 0) is 6.42 Å². The van der Waals surface area contributed by atoms with Crippen molar-refractivity contribution in [1.82, 2.24) is 14.1 Å². The van der Waals surface area contributed by atoms with Crippen molar-refractivity contribution in [2.75, 3.05) is 0 Å². The van der Waals surface area contributed by atoms with Gasteiger partial charge in [-0.3, -0.25) is 13.9 Å². The third kappa shape index (κ3) is 3.69. The quantitative estimate of drug-likeness (QED) is 0.258. The molecular weight excluding hydrogens is 469 g/mol. The van der Waals surface area contributed by atoms with Gasteiger partial charge in [-0.2, -0.15) is 0 Å². The maximum Gasteiger partial charge on any atom is 0.268 e. The smallest absolute Gasteiger partial charge is 0.268 e. The number of halogens is 3. The maximum absolute atomic E-state index is 13.6. The molecule has 0 unspecified atom stereocenters. The van der Waals surface area contributed by atoms with Crippen LogP contribution in [0.4, 0.5) is 0 Å². The minimum absolute atomic E-state index is 0.0201. The lowest BCUT2D eigenvalue weighted by Gasteiger charge is -2.08. The van der Waals surface area contributed by atoms with E-state index in [0.717, 1.165) is 11.1 Å². The van der Waals surface area contributed by atoms with E-state index in [9.17, 15) is 4.79 Å². The molecule has 0 saturated heterocycles. The van der Waals surface area contributed by atoms with Gasteiger partial charge in [-0.25, -0.2) is 4.98 Å². The van der Waals surface area contributed by atoms with Crippen molar-refractivity contribution in [1.29, 1.82) is 0 Å². The van der Waals surface area contributed by atoms with Crippen LogP contribution in [0.15, 0.2) is 77.6 Å². The average molecular weight is 483 g/mol. The molecule has 5 rings (SSSR count). The number of ketones is 1. The Kier molecular flexibility index (Phi) is 5.47. The minimum atomic E-state index is -0.360. The zero-order chi connectivity index (χ0) is 22.2. The third-order valence-corrected chi connectivity index (χ3v) is 6.15. The number of carbonyl (C=O) groups excluding carboxylic acids is 1. The molecule has 32 heavy (non-hydrogen) atoms. The Morgan fingerprint density at radius 2 is 1.81 bits per heavy atom. The van der Waals surface area contributed by atoms with Crippen LogP contribution in [0.2, 0.25) is 10.0 Å². The van der Waals surface area contributed by atoms with E-state index in [-0.39, 0.29) is 11.7 Å². The van der Waals surface area contributed by atoms with Crippen LogP contribution < -0.4 is 0 Å². The molecule has 0 aliphatic heterocycles. The predicted octanol–water partition coefficient (Wildman–Crippen LogP) is 6.82. The maximum atomic E-state index is 13.6. The van der Waals surface area contributed by atoms with Gasteiger partial charge < -0.3 is 4.42 Å². The summed E-state index contributed by atoms with van der Waals surface area (Å²) >= 11 is 19.1. The first-order valence-corrected chi connectivity index (χ1v) is 10.8. The van der Waals surface area contributed by atoms with E-state index < -0.39 is 0 Å². The van der Waals surface area contributed by atoms with E-state index in [1.165, 1.54) is 10.3 Å². The van der Waals surface area contributed by atoms with Crippen molar-refractivity contribution in [3.05, 3.63) is 106 Å². The molecular formula is C24H14Cl3N3O2. The molecule has 158 valence electrons. The zero-order valence-corrected chi connectivity index (χ0v) is 18.7. The fraction of sp³-hybridized carbons (Fsp3) is 0.0417. The van der Waals surface area contributed by atoms with Gasteiger partial charge in [-0.05, 0) is 35.9 Å². The summed E-state index contributed by atoms with van der Waals surface area (Å²) in [5.74, 6) is 0.0990. The summed E-state index contributed by atoms with van der Waals surface area (Å²) in [5, 5.41) is 1.73. The molecule has 0 N–H and O–H groups in total. The van der Waals surface area contributed by atoms with Crippen LogP contribution in [0.3, 0.4) is 0 Å². The number of carbonyl (C=O) groups is 1. The first-order valence-electron chi connectivity index (χ1n) is 9.66. The van der Waals surface area contributed by atoms with Gasteiger partial charge in [0.05, 0.1) is 23.0 Å². The summed E-state index contributed by atoms with van der Waals surface area (Å²) in [7, 11) is 0. The zero-order valence-electron chi connectivity index (χ0n) is 16.4. The first kappa shape index (κ1) is 20.8. The second kappa shape index (κ2) is 8.43. The molecule has 0 radical (unpaired) electrons. The average Bonchev–Trinajstić information content (AvgIpc) is 3.40. The molecule has 5 nitrogen and oxygen atoms in total. The highest BCUT2D eigenvalue weighted by molar-refractivity contribution is 6.35. The number of rotatable bonds is 5. The van der Waals surface area contributed by atoms with Crippen LogP contribution in [0.5, 0.6) is 0 Å². The fourth-order valence-corrected chi connectivity index (χ4v) is 4.41. The number of aromatic nitrogens is 3. The molecule has 8 heteroatoms. The Morgan fingerprint density at radius 3 is 2.59 bits per heavy atom. The van der Waals surface area contributed by atoms with Gasteiger partial charge in [-0.1, -0.05) is 47.5 Å². The summed E-state index contributed by atoms with van der Waals surface area (Å²) in [6.45, 7) is 0. The molecule has 0 bridgehead atoms. The number of hydrogen-bond acceptors (Lipinski definition) is 4. The molecule has 0 amide bonds. The lowest BCUT2D eigenvalue weighted by Crippen LogP contribution is -2.07. The van der Waals surface area contributed by atoms with E-state index in [4.69, 9.17) is 39.4 Å². The number of para-hydroxylation sites is 1. The molecule has 3 heterocycles. The summed E-state index contributed by atoms with van der Waals surface area (Å²) in [6.07, 6.45) is 5.15. The van der Waals surface area contributed by atoms with E-state index in [0.29, 0.717) is 44.4 Å². The van der Waals surface area contributed by atoms with Crippen molar-refractivity contribution < 1.29 is 9.21 Å². The predicted molar refractivity (Wildman–Crippen MR) is 126 cm³/mol. The molecule has 3 aromatic heterocycles. The van der Waals surface area contributed by atoms with E-state index in [1.54, 1.807) is 36.7 Å². The second-order valence-electron chi connectivity index (χ2n) is 7.13. The number of hydrogen-bond donors (Lipinski definition) is 0. The van der Waals surface area contributed by atoms with Crippen LogP contribution in [0, 0.1) is 0 Å². The van der Waals surface area contributed by atoms with Gasteiger partial charge in [0, 0.05) is 51.6 Å². The number of benzene rings is 2. The van der Waals surface area contributed by atoms with Gasteiger partial charge in [-0.15, -0.1) is 0 Å². The van der Waals surface area contributed by atoms with Crippen LogP contribution >= 0.6 is 35.0 Å². The Hall–Kier alpha value is -3.12. The van der Waals surface area contributed by atoms with Crippen LogP contribution in [0.1, 0.15) is 27.5 Å². The number of fused-ring (bicyclic) bond motifs is 1. The first-order chi connectivity index (χ1) is 15.5. The highest BCUT2D eigenvalue weighted by Gasteiger charge is 2.27. The third-order valence-electron chi connectivity index (χ3n) is 5.18. The molecule has 0 spiro atoms. The standard InChI is InChI=1S/C24H14Cl3N3O2/c25-16-6-5-15(18(26)12-16)11-20-22(17-3-1-2-4-19(17)30(20)27)23(31)24-29-13-21(32-24)14-7-9-28-10-8-14/h1-10,12-13H,11H2. The van der Waals surface area contributed by atoms with Crippen molar-refractivity contribution in [2.24, 2.45) is 0 Å². The van der Waals surface area contributed by atoms with Gasteiger partial charge in [0.15, 0.2) is 5.76 Å². The second-order valence-corrected chi connectivity index (χ2v) is 8.31. The van der Waals surface area contributed by atoms with Crippen molar-refractivity contribution in [3.8, 4) is 11.3 Å². The van der Waals surface area contributed by atoms with Crippen molar-refractivity contribution in [3.63, 3.8) is 0 Å². The molecule has 0 aliphatic rings. The normalized spacial score (nSPS) is 11.2. The lowest BCUT2D eigenvalue weighted by molar-refractivity contribution is 0.100. The van der Waals surface area contributed by atoms with Gasteiger partial charge in [0.2, 0.25) is 0 Å². The fourth-order valence-electron chi connectivity index (χ4n) is 3.65. The number of pyridine rings is 1. The summed E-state index contributed by atoms with van der Waals surface area (Å²) < 4.78 is 7.29. The minimum Gasteiger partial charge on any atom is -0.433 e. The van der Waals surface area contributed by atoms with Crippen molar-refractivity contribution in [2.45, 2.75) is 6.42 Å². The molecule has 5 aromatic rings. The van der Waals surface area contributed by atoms with Gasteiger partial charge >= 0.3 is 0 Å². The Morgan fingerprint density at radius 1 is 1.03 bits per heavy atom. The Bertz CT molecular complexity index is 1460. The monoisotopic (exact) mass is 481 g/mol. The van der Waals surface area contributed by atoms with E-state index in [2.05, 4.69) is 9.97 Å². The van der Waals surface area contributed by atoms with Crippen LogP contribution in [-0.4, -0.2) is 19.8 Å². The van der Waals surface area contributed by atoms with Crippen LogP contribution in [0.25, 0.3) is 22.2 Å². The van der Waals surface area contributed by atoms with E-state index >= 15 is 0 Å². The molecule has 0 saturated carbocycles. The summed E-state index contributed by atoms with van der Waals surface area (Å²) in [5.41, 5.74) is 3.29. The highest BCUT2D eigenvalue weighted by Crippen LogP contribution is 2.33. The summed E-state index contributed by atoms with van der Waals surface area (Å²) in [6, 6.07) is 16.2. The topological polar surface area (TPSA) is 60.9 Å². The van der Waals surface area contributed by atoms with Gasteiger partial charge in [0.1, 0.15) is 0 Å². The highest BCUT2D eigenvalue weighted by atomic mass is 35.5. The SMILES string of the molecule is O=C(c1ncc(-c2ccncc2)o1)c1c(Cc2ccc(Cl)cc2Cl)n(Cl)c2ccccc12. The summed E-state index contributed by atoms with van der Waals surface area (Å²) in [4.78, 5) is 21.8. The molecule has 0 fully saturated rings. The lowest BCUT2D eigenvalue weighted by atomic mass is 10.0. The molecule has 2 aromatic carbocycles. The molecule has 0 aliphatic carbocycles. The number of nitrogens with zero attached hydrogens (tertiary/aromatic N) is 3. The Balaban J connectivity index is 1.62. The van der Waals surface area contributed by atoms with E-state index in [1.807, 2.05) is 30.3 Å². The van der Waals surface area contributed by atoms with Gasteiger partial charge in [0.25, 0.3) is 11.7 Å². The molecule has 0 atom stereocenters. The number of oxazole rings is 1. The Labute approximate surface area is 198 Å². The van der Waals surface area contributed by atoms with Crippen molar-refractivity contribution >= 4 is 51.7 Å². The largest absolute Gasteiger partial charge is 0.433 e.